The van der Waals surface area contributed by atoms with Crippen molar-refractivity contribution in [3.63, 3.8) is 0 Å². The van der Waals surface area contributed by atoms with Crippen LogP contribution in [0.15, 0.2) is 18.2 Å². The first-order valence-electron chi connectivity index (χ1n) is 6.39. The van der Waals surface area contributed by atoms with Crippen molar-refractivity contribution < 1.29 is 23.7 Å². The van der Waals surface area contributed by atoms with Crippen molar-refractivity contribution in [3.05, 3.63) is 23.8 Å². The molecule has 1 aromatic rings. The Bertz CT molecular complexity index is 513. The summed E-state index contributed by atoms with van der Waals surface area (Å²) >= 11 is 0. The van der Waals surface area contributed by atoms with Gasteiger partial charge in [-0.3, -0.25) is 0 Å². The third-order valence-corrected chi connectivity index (χ3v) is 3.42. The first-order chi connectivity index (χ1) is 9.15. The first kappa shape index (κ1) is 12.3. The van der Waals surface area contributed by atoms with Crippen molar-refractivity contribution in [2.75, 3.05) is 19.8 Å². The summed E-state index contributed by atoms with van der Waals surface area (Å²) in [5, 5.41) is 0. The van der Waals surface area contributed by atoms with Crippen LogP contribution in [0.5, 0.6) is 11.5 Å². The van der Waals surface area contributed by atoms with E-state index in [9.17, 15) is 4.79 Å². The van der Waals surface area contributed by atoms with Gasteiger partial charge < -0.3 is 18.9 Å². The molecule has 0 radical (unpaired) electrons. The van der Waals surface area contributed by atoms with Gasteiger partial charge in [0.05, 0.1) is 6.61 Å². The van der Waals surface area contributed by atoms with Crippen molar-refractivity contribution in [1.29, 1.82) is 0 Å². The van der Waals surface area contributed by atoms with E-state index < -0.39 is 11.7 Å². The number of rotatable bonds is 3. The van der Waals surface area contributed by atoms with Gasteiger partial charge in [0.2, 0.25) is 0 Å². The third kappa shape index (κ3) is 2.04. The summed E-state index contributed by atoms with van der Waals surface area (Å²) < 4.78 is 21.5. The van der Waals surface area contributed by atoms with E-state index in [1.165, 1.54) is 0 Å². The molecule has 5 nitrogen and oxygen atoms in total. The molecule has 2 atom stereocenters. The number of esters is 1. The second-order valence-corrected chi connectivity index (χ2v) is 4.72. The number of epoxide rings is 1. The minimum atomic E-state index is -0.623. The average molecular weight is 264 g/mol. The van der Waals surface area contributed by atoms with E-state index in [2.05, 4.69) is 0 Å². The molecule has 0 aromatic heterocycles. The molecule has 0 aliphatic carbocycles. The maximum Gasteiger partial charge on any atom is 0.338 e. The molecule has 2 aliphatic rings. The van der Waals surface area contributed by atoms with E-state index in [1.807, 2.05) is 25.1 Å². The summed E-state index contributed by atoms with van der Waals surface area (Å²) in [5.74, 6) is 1.11. The van der Waals surface area contributed by atoms with Crippen molar-refractivity contribution in [3.8, 4) is 11.5 Å². The highest BCUT2D eigenvalue weighted by atomic mass is 16.7. The van der Waals surface area contributed by atoms with E-state index in [0.29, 0.717) is 25.6 Å². The molecule has 0 saturated carbocycles. The third-order valence-electron chi connectivity index (χ3n) is 3.42. The molecular formula is C14H16O5. The van der Waals surface area contributed by atoms with Gasteiger partial charge in [-0.1, -0.05) is 6.07 Å². The summed E-state index contributed by atoms with van der Waals surface area (Å²) in [6.07, 6.45) is -0.532. The van der Waals surface area contributed by atoms with Gasteiger partial charge in [0, 0.05) is 0 Å². The summed E-state index contributed by atoms with van der Waals surface area (Å²) in [5.41, 5.74) is 0.275. The van der Waals surface area contributed by atoms with Gasteiger partial charge in [0.15, 0.2) is 17.6 Å². The molecule has 0 bridgehead atoms. The molecule has 1 aromatic carbocycles. The van der Waals surface area contributed by atoms with Crippen LogP contribution in [0.4, 0.5) is 0 Å². The Morgan fingerprint density at radius 1 is 1.37 bits per heavy atom. The maximum absolute atomic E-state index is 11.7. The fourth-order valence-electron chi connectivity index (χ4n) is 2.27. The minimum absolute atomic E-state index is 0.320. The van der Waals surface area contributed by atoms with E-state index in [-0.39, 0.29) is 5.97 Å². The molecular weight excluding hydrogens is 248 g/mol. The van der Waals surface area contributed by atoms with Crippen LogP contribution in [0.3, 0.4) is 0 Å². The van der Waals surface area contributed by atoms with Crippen LogP contribution in [0, 0.1) is 0 Å². The highest BCUT2D eigenvalue weighted by molar-refractivity contribution is 5.80. The molecule has 0 N–H and O–H groups in total. The lowest BCUT2D eigenvalue weighted by molar-refractivity contribution is -0.144. The zero-order chi connectivity index (χ0) is 13.5. The Hall–Kier alpha value is -1.75. The van der Waals surface area contributed by atoms with Crippen LogP contribution in [-0.4, -0.2) is 31.9 Å². The van der Waals surface area contributed by atoms with E-state index in [4.69, 9.17) is 18.9 Å². The average Bonchev–Trinajstić information content (AvgIpc) is 3.12. The molecule has 1 fully saturated rings. The summed E-state index contributed by atoms with van der Waals surface area (Å²) in [6, 6.07) is 5.61. The van der Waals surface area contributed by atoms with E-state index in [1.54, 1.807) is 6.92 Å². The quantitative estimate of drug-likeness (QED) is 0.613. The van der Waals surface area contributed by atoms with Crippen LogP contribution in [0.25, 0.3) is 0 Å². The van der Waals surface area contributed by atoms with Crippen molar-refractivity contribution >= 4 is 5.97 Å². The van der Waals surface area contributed by atoms with Crippen LogP contribution >= 0.6 is 0 Å². The summed E-state index contributed by atoms with van der Waals surface area (Å²) in [6.45, 7) is 5.11. The Kier molecular flexibility index (Phi) is 2.86. The number of benzene rings is 1. The van der Waals surface area contributed by atoms with Crippen molar-refractivity contribution in [2.24, 2.45) is 0 Å². The molecule has 0 spiro atoms. The van der Waals surface area contributed by atoms with E-state index >= 15 is 0 Å². The van der Waals surface area contributed by atoms with Crippen LogP contribution in [-0.2, 0) is 19.9 Å². The molecule has 19 heavy (non-hydrogen) atoms. The maximum atomic E-state index is 11.7. The summed E-state index contributed by atoms with van der Waals surface area (Å²) in [4.78, 5) is 11.7. The first-order valence-corrected chi connectivity index (χ1v) is 6.39. The number of carbonyl (C=O) groups is 1. The lowest BCUT2D eigenvalue weighted by Crippen LogP contribution is -2.20. The van der Waals surface area contributed by atoms with Crippen molar-refractivity contribution in [2.45, 2.75) is 25.6 Å². The predicted octanol–water partition coefficient (Wildman–Crippen LogP) is 1.63. The van der Waals surface area contributed by atoms with Crippen molar-refractivity contribution in [1.82, 2.24) is 0 Å². The Labute approximate surface area is 111 Å². The smallest absolute Gasteiger partial charge is 0.338 e. The largest absolute Gasteiger partial charge is 0.486 e. The van der Waals surface area contributed by atoms with Gasteiger partial charge in [-0.05, 0) is 31.5 Å². The van der Waals surface area contributed by atoms with Gasteiger partial charge in [0.1, 0.15) is 18.8 Å². The Balaban J connectivity index is 1.82. The Morgan fingerprint density at radius 2 is 2.11 bits per heavy atom. The van der Waals surface area contributed by atoms with E-state index in [0.717, 1.165) is 11.3 Å². The van der Waals surface area contributed by atoms with Crippen LogP contribution in [0.2, 0.25) is 0 Å². The molecule has 2 heterocycles. The van der Waals surface area contributed by atoms with Gasteiger partial charge in [-0.25, -0.2) is 4.79 Å². The molecule has 2 unspecified atom stereocenters. The number of hydrogen-bond donors (Lipinski definition) is 0. The fraction of sp³-hybridized carbons (Fsp3) is 0.500. The van der Waals surface area contributed by atoms with Gasteiger partial charge >= 0.3 is 5.97 Å². The monoisotopic (exact) mass is 264 g/mol. The predicted molar refractivity (Wildman–Crippen MR) is 66.3 cm³/mol. The molecule has 0 amide bonds. The number of carbonyl (C=O) groups excluding carboxylic acids is 1. The standard InChI is InChI=1S/C14H16O5/c1-3-16-13(15)12-14(2,19-12)9-4-5-10-11(8-9)18-7-6-17-10/h4-5,8,12H,3,6-7H2,1-2H3. The number of fused-ring (bicyclic) bond motifs is 1. The van der Waals surface area contributed by atoms with Gasteiger partial charge in [0.25, 0.3) is 0 Å². The van der Waals surface area contributed by atoms with Gasteiger partial charge in [-0.2, -0.15) is 0 Å². The molecule has 5 heteroatoms. The number of hydrogen-bond acceptors (Lipinski definition) is 5. The SMILES string of the molecule is CCOC(=O)C1OC1(C)c1ccc2c(c1)OCCO2. The topological polar surface area (TPSA) is 57.3 Å². The Morgan fingerprint density at radius 3 is 2.84 bits per heavy atom. The van der Waals surface area contributed by atoms with Gasteiger partial charge in [-0.15, -0.1) is 0 Å². The van der Waals surface area contributed by atoms with Crippen LogP contribution < -0.4 is 9.47 Å². The lowest BCUT2D eigenvalue weighted by Gasteiger charge is -2.19. The van der Waals surface area contributed by atoms with Crippen LogP contribution in [0.1, 0.15) is 19.4 Å². The summed E-state index contributed by atoms with van der Waals surface area (Å²) in [7, 11) is 0. The highest BCUT2D eigenvalue weighted by Gasteiger charge is 2.59. The molecule has 1 saturated heterocycles. The lowest BCUT2D eigenvalue weighted by atomic mass is 9.97. The molecule has 2 aliphatic heterocycles. The molecule has 102 valence electrons. The zero-order valence-corrected chi connectivity index (χ0v) is 11.0. The second-order valence-electron chi connectivity index (χ2n) is 4.72. The molecule has 3 rings (SSSR count). The fourth-order valence-corrected chi connectivity index (χ4v) is 2.27. The zero-order valence-electron chi connectivity index (χ0n) is 11.0. The second kappa shape index (κ2) is 4.42. The number of ether oxygens (including phenoxy) is 4. The normalized spacial score (nSPS) is 27.8. The minimum Gasteiger partial charge on any atom is -0.486 e. The highest BCUT2D eigenvalue weighted by Crippen LogP contribution is 2.48.